The summed E-state index contributed by atoms with van der Waals surface area (Å²) in [7, 11) is 1.42. The Kier molecular flexibility index (Phi) is 6.94. The fraction of sp³-hybridized carbons (Fsp3) is 0.938. The van der Waals surface area contributed by atoms with Crippen LogP contribution in [0, 0.1) is 70.5 Å². The van der Waals surface area contributed by atoms with Gasteiger partial charge in [0.05, 0.1) is 24.5 Å². The van der Waals surface area contributed by atoms with Gasteiger partial charge >= 0.3 is 11.9 Å². The van der Waals surface area contributed by atoms with Gasteiger partial charge in [0.15, 0.2) is 6.29 Å². The molecule has 8 bridgehead atoms. The molecule has 37 heavy (non-hydrogen) atoms. The van der Waals surface area contributed by atoms with Crippen molar-refractivity contribution in [3.63, 3.8) is 0 Å². The fourth-order valence-electron chi connectivity index (χ4n) is 10.9. The molecule has 0 spiro atoms. The van der Waals surface area contributed by atoms with Gasteiger partial charge < -0.3 is 14.2 Å². The van der Waals surface area contributed by atoms with E-state index in [4.69, 9.17) is 9.47 Å². The number of fused-ring (bicyclic) bond motifs is 9. The van der Waals surface area contributed by atoms with E-state index in [1.165, 1.54) is 64.9 Å². The second-order valence-electron chi connectivity index (χ2n) is 14.8. The van der Waals surface area contributed by atoms with E-state index in [-0.39, 0.29) is 29.6 Å². The van der Waals surface area contributed by atoms with Crippen molar-refractivity contribution in [3.05, 3.63) is 0 Å². The molecule has 8 saturated carbocycles. The first-order valence-corrected chi connectivity index (χ1v) is 15.6. The Morgan fingerprint density at radius 1 is 0.811 bits per heavy atom. The second-order valence-corrected chi connectivity index (χ2v) is 14.8. The SMILES string of the molecule is CC(OC(=O)C1CC2CC1C1C3CCC(C3)C21)OC1C2CC3CC(C2)CC1C3.CCC(C)(C)C(=O)OC. The summed E-state index contributed by atoms with van der Waals surface area (Å²) in [6.07, 6.45) is 14.5. The van der Waals surface area contributed by atoms with E-state index in [0.29, 0.717) is 12.0 Å². The van der Waals surface area contributed by atoms with Crippen molar-refractivity contribution in [1.29, 1.82) is 0 Å². The zero-order valence-electron chi connectivity index (χ0n) is 23.8. The minimum atomic E-state index is -0.357. The number of esters is 2. The topological polar surface area (TPSA) is 61.8 Å². The van der Waals surface area contributed by atoms with Gasteiger partial charge in [0.25, 0.3) is 0 Å². The molecule has 0 aromatic rings. The highest BCUT2D eigenvalue weighted by atomic mass is 16.7. The molecular weight excluding hydrogens is 464 g/mol. The molecule has 5 nitrogen and oxygen atoms in total. The zero-order valence-corrected chi connectivity index (χ0v) is 23.8. The van der Waals surface area contributed by atoms with Crippen molar-refractivity contribution >= 4 is 11.9 Å². The summed E-state index contributed by atoms with van der Waals surface area (Å²) in [5.41, 5.74) is -0.311. The van der Waals surface area contributed by atoms with Gasteiger partial charge in [-0.2, -0.15) is 0 Å². The summed E-state index contributed by atoms with van der Waals surface area (Å²) in [5.74, 6) is 8.71. The van der Waals surface area contributed by atoms with Crippen LogP contribution in [-0.2, 0) is 23.8 Å². The smallest absolute Gasteiger partial charge is 0.311 e. The minimum absolute atomic E-state index is 0.0741. The van der Waals surface area contributed by atoms with Crippen molar-refractivity contribution in [1.82, 2.24) is 0 Å². The Balaban J connectivity index is 0.000000244. The molecule has 0 aromatic carbocycles. The summed E-state index contributed by atoms with van der Waals surface area (Å²) in [5, 5.41) is 0. The highest BCUT2D eigenvalue weighted by Crippen LogP contribution is 2.69. The second kappa shape index (κ2) is 9.82. The van der Waals surface area contributed by atoms with Crippen LogP contribution in [-0.4, -0.2) is 31.4 Å². The normalized spacial score (nSPS) is 46.8. The number of hydrogen-bond donors (Lipinski definition) is 0. The van der Waals surface area contributed by atoms with Crippen LogP contribution >= 0.6 is 0 Å². The first-order chi connectivity index (χ1) is 17.7. The standard InChI is InChI=1S/C25H36O3.C7H14O2/c1-12(27-24-18-5-13-4-14(7-18)8-19(24)6-13)28-25(26)21-11-17-10-20(21)23-16-3-2-15(9-16)22(17)23;1-5-7(2,3)6(8)9-4/h12-24H,2-11H2,1H3;5H2,1-4H3. The van der Waals surface area contributed by atoms with E-state index in [9.17, 15) is 9.59 Å². The molecule has 8 aliphatic rings. The number of ether oxygens (including phenoxy) is 3. The summed E-state index contributed by atoms with van der Waals surface area (Å²) < 4.78 is 17.0. The largest absolute Gasteiger partial charge is 0.469 e. The Bertz CT molecular complexity index is 852. The van der Waals surface area contributed by atoms with E-state index in [1.807, 2.05) is 27.7 Å². The van der Waals surface area contributed by atoms with E-state index in [1.54, 1.807) is 0 Å². The third-order valence-electron chi connectivity index (χ3n) is 12.4. The Morgan fingerprint density at radius 3 is 2.00 bits per heavy atom. The Hall–Kier alpha value is -1.10. The van der Waals surface area contributed by atoms with Crippen molar-refractivity contribution in [2.45, 2.75) is 111 Å². The summed E-state index contributed by atoms with van der Waals surface area (Å²) in [4.78, 5) is 23.9. The van der Waals surface area contributed by atoms with Gasteiger partial charge in [-0.25, -0.2) is 0 Å². The van der Waals surface area contributed by atoms with E-state index >= 15 is 0 Å². The van der Waals surface area contributed by atoms with Gasteiger partial charge in [-0.05, 0) is 151 Å². The lowest BCUT2D eigenvalue weighted by Gasteiger charge is -2.54. The number of carbonyl (C=O) groups is 2. The molecule has 0 heterocycles. The fourth-order valence-corrected chi connectivity index (χ4v) is 10.9. The highest BCUT2D eigenvalue weighted by Gasteiger charge is 2.63. The van der Waals surface area contributed by atoms with Crippen LogP contribution in [0.4, 0.5) is 0 Å². The lowest BCUT2D eigenvalue weighted by molar-refractivity contribution is -0.223. The van der Waals surface area contributed by atoms with Crippen LogP contribution in [0.2, 0.25) is 0 Å². The zero-order chi connectivity index (χ0) is 26.1. The molecule has 0 aliphatic heterocycles. The molecule has 5 heteroatoms. The lowest BCUT2D eigenvalue weighted by atomic mass is 9.55. The van der Waals surface area contributed by atoms with Gasteiger partial charge in [0.2, 0.25) is 0 Å². The maximum absolute atomic E-state index is 13.1. The maximum Gasteiger partial charge on any atom is 0.311 e. The van der Waals surface area contributed by atoms with Crippen molar-refractivity contribution in [3.8, 4) is 0 Å². The molecule has 8 aliphatic carbocycles. The quantitative estimate of drug-likeness (QED) is 0.226. The first-order valence-electron chi connectivity index (χ1n) is 15.6. The average Bonchev–Trinajstić information content (AvgIpc) is 3.66. The number of carbonyl (C=O) groups excluding carboxylic acids is 2. The van der Waals surface area contributed by atoms with Gasteiger partial charge in [0, 0.05) is 0 Å². The monoisotopic (exact) mass is 514 g/mol. The molecular formula is C32H50O5. The van der Waals surface area contributed by atoms with Crippen molar-refractivity contribution in [2.75, 3.05) is 7.11 Å². The lowest BCUT2D eigenvalue weighted by Crippen LogP contribution is -2.50. The molecule has 0 saturated heterocycles. The van der Waals surface area contributed by atoms with E-state index < -0.39 is 0 Å². The van der Waals surface area contributed by atoms with Gasteiger partial charge in [-0.15, -0.1) is 0 Å². The Labute approximate surface area is 224 Å². The third-order valence-corrected chi connectivity index (χ3v) is 12.4. The molecule has 0 aromatic heterocycles. The number of rotatable bonds is 6. The molecule has 8 fully saturated rings. The third kappa shape index (κ3) is 4.57. The highest BCUT2D eigenvalue weighted by molar-refractivity contribution is 5.75. The predicted octanol–water partition coefficient (Wildman–Crippen LogP) is 6.63. The maximum atomic E-state index is 13.1. The molecule has 0 radical (unpaired) electrons. The van der Waals surface area contributed by atoms with Crippen molar-refractivity contribution < 1.29 is 23.8 Å². The molecule has 0 amide bonds. The number of hydrogen-bond acceptors (Lipinski definition) is 5. The summed E-state index contributed by atoms with van der Waals surface area (Å²) in [6, 6.07) is 0. The Morgan fingerprint density at radius 2 is 1.43 bits per heavy atom. The van der Waals surface area contributed by atoms with Gasteiger partial charge in [-0.1, -0.05) is 6.92 Å². The van der Waals surface area contributed by atoms with Crippen LogP contribution in [0.3, 0.4) is 0 Å². The van der Waals surface area contributed by atoms with E-state index in [2.05, 4.69) is 4.74 Å². The predicted molar refractivity (Wildman–Crippen MR) is 141 cm³/mol. The van der Waals surface area contributed by atoms with Gasteiger partial charge in [0.1, 0.15) is 0 Å². The molecule has 0 N–H and O–H groups in total. The van der Waals surface area contributed by atoms with Crippen LogP contribution in [0.25, 0.3) is 0 Å². The molecule has 8 unspecified atom stereocenters. The van der Waals surface area contributed by atoms with E-state index in [0.717, 1.165) is 66.1 Å². The molecule has 208 valence electrons. The number of methoxy groups -OCH3 is 1. The minimum Gasteiger partial charge on any atom is -0.469 e. The first kappa shape index (κ1) is 26.1. The van der Waals surface area contributed by atoms with Crippen LogP contribution in [0.1, 0.15) is 98.3 Å². The summed E-state index contributed by atoms with van der Waals surface area (Å²) >= 11 is 0. The van der Waals surface area contributed by atoms with Crippen LogP contribution in [0.5, 0.6) is 0 Å². The molecule has 8 atom stereocenters. The van der Waals surface area contributed by atoms with Crippen LogP contribution < -0.4 is 0 Å². The summed E-state index contributed by atoms with van der Waals surface area (Å²) in [6.45, 7) is 7.70. The van der Waals surface area contributed by atoms with Gasteiger partial charge in [-0.3, -0.25) is 9.59 Å². The van der Waals surface area contributed by atoms with Crippen LogP contribution in [0.15, 0.2) is 0 Å². The molecule has 8 rings (SSSR count). The average molecular weight is 515 g/mol. The van der Waals surface area contributed by atoms with Crippen molar-refractivity contribution in [2.24, 2.45) is 70.5 Å².